The molecule has 5 nitrogen and oxygen atoms in total. The van der Waals surface area contributed by atoms with E-state index < -0.39 is 5.97 Å². The Balaban J connectivity index is 2.16. The molecule has 1 aliphatic rings. The first-order chi connectivity index (χ1) is 10.2. The van der Waals surface area contributed by atoms with Crippen molar-refractivity contribution in [1.29, 1.82) is 5.26 Å². The van der Waals surface area contributed by atoms with Crippen molar-refractivity contribution in [3.8, 4) is 6.07 Å². The molecule has 1 aromatic rings. The van der Waals surface area contributed by atoms with E-state index in [9.17, 15) is 10.1 Å². The first kappa shape index (κ1) is 15.7. The van der Waals surface area contributed by atoms with Crippen LogP contribution in [0.1, 0.15) is 12.0 Å². The maximum absolute atomic E-state index is 10.8. The molecule has 0 saturated carbocycles. The second-order valence-corrected chi connectivity index (χ2v) is 5.82. The van der Waals surface area contributed by atoms with Crippen LogP contribution in [0.4, 0.5) is 5.69 Å². The zero-order chi connectivity index (χ0) is 15.2. The lowest BCUT2D eigenvalue weighted by Gasteiger charge is -2.24. The third-order valence-electron chi connectivity index (χ3n) is 3.62. The molecule has 1 aromatic carbocycles. The van der Waals surface area contributed by atoms with Gasteiger partial charge in [-0.05, 0) is 24.8 Å². The topological polar surface area (TPSA) is 67.6 Å². The number of benzene rings is 1. The number of carbonyl (C=O) groups is 1. The molecule has 2 rings (SSSR count). The maximum Gasteiger partial charge on any atom is 0.317 e. The van der Waals surface area contributed by atoms with Crippen molar-refractivity contribution in [2.75, 3.05) is 43.9 Å². The molecular formula is C15H19N3O2S. The van der Waals surface area contributed by atoms with Crippen LogP contribution in [0.3, 0.4) is 0 Å². The van der Waals surface area contributed by atoms with Gasteiger partial charge in [0.25, 0.3) is 0 Å². The minimum Gasteiger partial charge on any atom is -0.480 e. The molecule has 0 unspecified atom stereocenters. The highest BCUT2D eigenvalue weighted by molar-refractivity contribution is 7.98. The van der Waals surface area contributed by atoms with Crippen LogP contribution in [-0.2, 0) is 4.79 Å². The number of carboxylic acids is 1. The van der Waals surface area contributed by atoms with E-state index in [-0.39, 0.29) is 6.54 Å². The van der Waals surface area contributed by atoms with Crippen molar-refractivity contribution >= 4 is 23.4 Å². The Hall–Kier alpha value is -1.71. The monoisotopic (exact) mass is 305 g/mol. The molecule has 1 saturated heterocycles. The van der Waals surface area contributed by atoms with Crippen molar-refractivity contribution in [2.24, 2.45) is 0 Å². The Morgan fingerprint density at radius 3 is 2.86 bits per heavy atom. The van der Waals surface area contributed by atoms with Crippen molar-refractivity contribution in [1.82, 2.24) is 4.90 Å². The van der Waals surface area contributed by atoms with Gasteiger partial charge in [0.15, 0.2) is 0 Å². The Kier molecular flexibility index (Phi) is 5.48. The normalized spacial score (nSPS) is 16.3. The summed E-state index contributed by atoms with van der Waals surface area (Å²) in [5.41, 5.74) is 1.68. The lowest BCUT2D eigenvalue weighted by atomic mass is 10.1. The van der Waals surface area contributed by atoms with Gasteiger partial charge in [0.1, 0.15) is 6.07 Å². The molecule has 0 radical (unpaired) electrons. The van der Waals surface area contributed by atoms with Crippen LogP contribution in [0, 0.1) is 11.3 Å². The quantitative estimate of drug-likeness (QED) is 0.857. The fourth-order valence-corrected chi connectivity index (χ4v) is 3.20. The van der Waals surface area contributed by atoms with Gasteiger partial charge in [0.05, 0.1) is 17.8 Å². The fraction of sp³-hybridized carbons (Fsp3) is 0.467. The van der Waals surface area contributed by atoms with Gasteiger partial charge in [-0.1, -0.05) is 6.07 Å². The first-order valence-electron chi connectivity index (χ1n) is 6.92. The highest BCUT2D eigenvalue weighted by Crippen LogP contribution is 2.29. The molecule has 1 aliphatic heterocycles. The van der Waals surface area contributed by atoms with Gasteiger partial charge in [-0.2, -0.15) is 5.26 Å². The Morgan fingerprint density at radius 1 is 1.38 bits per heavy atom. The van der Waals surface area contributed by atoms with E-state index in [1.54, 1.807) is 11.8 Å². The summed E-state index contributed by atoms with van der Waals surface area (Å²) in [6.45, 7) is 3.18. The van der Waals surface area contributed by atoms with E-state index >= 15 is 0 Å². The summed E-state index contributed by atoms with van der Waals surface area (Å²) in [7, 11) is 0. The van der Waals surface area contributed by atoms with Crippen LogP contribution >= 0.6 is 11.8 Å². The number of thioether (sulfide) groups is 1. The minimum absolute atomic E-state index is 0.0871. The van der Waals surface area contributed by atoms with Gasteiger partial charge < -0.3 is 10.0 Å². The van der Waals surface area contributed by atoms with Gasteiger partial charge in [0, 0.05) is 31.1 Å². The van der Waals surface area contributed by atoms with Crippen LogP contribution in [0.2, 0.25) is 0 Å². The second-order valence-electron chi connectivity index (χ2n) is 4.98. The van der Waals surface area contributed by atoms with Crippen molar-refractivity contribution in [3.05, 3.63) is 23.8 Å². The molecule has 6 heteroatoms. The van der Waals surface area contributed by atoms with Gasteiger partial charge in [-0.25, -0.2) is 0 Å². The SMILES string of the molecule is CSc1cccc(N2CCCN(CC(=O)O)CC2)c1C#N. The average Bonchev–Trinajstić information content (AvgIpc) is 2.71. The summed E-state index contributed by atoms with van der Waals surface area (Å²) in [6, 6.07) is 8.22. The third kappa shape index (κ3) is 3.90. The number of hydrogen-bond acceptors (Lipinski definition) is 5. The maximum atomic E-state index is 10.8. The van der Waals surface area contributed by atoms with E-state index in [0.717, 1.165) is 42.2 Å². The van der Waals surface area contributed by atoms with Crippen molar-refractivity contribution in [2.45, 2.75) is 11.3 Å². The molecule has 0 bridgehead atoms. The number of carboxylic acid groups (broad SMARTS) is 1. The number of hydrogen-bond donors (Lipinski definition) is 1. The predicted octanol–water partition coefficient (Wildman–Crippen LogP) is 1.88. The Labute approximate surface area is 129 Å². The largest absolute Gasteiger partial charge is 0.480 e. The molecule has 0 amide bonds. The van der Waals surface area contributed by atoms with Gasteiger partial charge in [0.2, 0.25) is 0 Å². The summed E-state index contributed by atoms with van der Waals surface area (Å²) in [6.07, 6.45) is 2.87. The summed E-state index contributed by atoms with van der Waals surface area (Å²) in [5.74, 6) is -0.787. The van der Waals surface area contributed by atoms with Crippen LogP contribution in [-0.4, -0.2) is 55.0 Å². The highest BCUT2D eigenvalue weighted by Gasteiger charge is 2.19. The van der Waals surface area contributed by atoms with Crippen LogP contribution in [0.25, 0.3) is 0 Å². The number of aliphatic carboxylic acids is 1. The van der Waals surface area contributed by atoms with Crippen LogP contribution in [0.15, 0.2) is 23.1 Å². The van der Waals surface area contributed by atoms with E-state index in [1.165, 1.54) is 0 Å². The molecular weight excluding hydrogens is 286 g/mol. The number of nitriles is 1. The molecule has 1 N–H and O–H groups in total. The van der Waals surface area contributed by atoms with Crippen molar-refractivity contribution in [3.63, 3.8) is 0 Å². The fourth-order valence-electron chi connectivity index (χ4n) is 2.63. The van der Waals surface area contributed by atoms with Crippen molar-refractivity contribution < 1.29 is 9.90 Å². The van der Waals surface area contributed by atoms with E-state index in [4.69, 9.17) is 5.11 Å². The van der Waals surface area contributed by atoms with Gasteiger partial charge in [-0.3, -0.25) is 9.69 Å². The number of anilines is 1. The van der Waals surface area contributed by atoms with E-state index in [2.05, 4.69) is 11.0 Å². The zero-order valence-electron chi connectivity index (χ0n) is 12.1. The average molecular weight is 305 g/mol. The predicted molar refractivity (Wildman–Crippen MR) is 83.8 cm³/mol. The molecule has 0 atom stereocenters. The minimum atomic E-state index is -0.787. The standard InChI is InChI=1S/C15H19N3O2S/c1-21-14-5-2-4-13(12(14)10-16)18-7-3-6-17(8-9-18)11-15(19)20/h2,4-5H,3,6-9,11H2,1H3,(H,19,20). The number of nitrogens with zero attached hydrogens (tertiary/aromatic N) is 3. The third-order valence-corrected chi connectivity index (χ3v) is 4.40. The molecule has 0 aliphatic carbocycles. The molecule has 112 valence electrons. The smallest absolute Gasteiger partial charge is 0.317 e. The molecule has 21 heavy (non-hydrogen) atoms. The first-order valence-corrected chi connectivity index (χ1v) is 8.14. The highest BCUT2D eigenvalue weighted by atomic mass is 32.2. The van der Waals surface area contributed by atoms with Crippen LogP contribution < -0.4 is 4.90 Å². The summed E-state index contributed by atoms with van der Waals surface area (Å²) < 4.78 is 0. The molecule has 1 heterocycles. The van der Waals surface area contributed by atoms with E-state index in [1.807, 2.05) is 29.4 Å². The van der Waals surface area contributed by atoms with E-state index in [0.29, 0.717) is 6.54 Å². The summed E-state index contributed by atoms with van der Waals surface area (Å²) in [4.78, 5) is 15.9. The molecule has 0 aromatic heterocycles. The summed E-state index contributed by atoms with van der Waals surface area (Å²) in [5, 5.41) is 18.3. The second kappa shape index (κ2) is 7.34. The van der Waals surface area contributed by atoms with Crippen LogP contribution in [0.5, 0.6) is 0 Å². The van der Waals surface area contributed by atoms with Gasteiger partial charge >= 0.3 is 5.97 Å². The lowest BCUT2D eigenvalue weighted by molar-refractivity contribution is -0.138. The van der Waals surface area contributed by atoms with Gasteiger partial charge in [-0.15, -0.1) is 11.8 Å². The zero-order valence-corrected chi connectivity index (χ0v) is 12.9. The molecule has 1 fully saturated rings. The lowest BCUT2D eigenvalue weighted by Crippen LogP contribution is -2.34. The Bertz CT molecular complexity index is 556. The number of rotatable bonds is 4. The molecule has 0 spiro atoms. The summed E-state index contributed by atoms with van der Waals surface area (Å²) >= 11 is 1.58. The Morgan fingerprint density at radius 2 is 2.19 bits per heavy atom.